The van der Waals surface area contributed by atoms with Crippen LogP contribution in [0.3, 0.4) is 0 Å². The summed E-state index contributed by atoms with van der Waals surface area (Å²) in [5.74, 6) is 0.967. The first kappa shape index (κ1) is 19.7. The SMILES string of the molecule is O=C(CSc1nnc(CCN2CCC(=O)NC2=O)o1)NCC1CCCCC1. The smallest absolute Gasteiger partial charge is 0.324 e. The summed E-state index contributed by atoms with van der Waals surface area (Å²) >= 11 is 1.21. The normalized spacial score (nSPS) is 18.4. The molecule has 1 aliphatic heterocycles. The van der Waals surface area contributed by atoms with Crippen LogP contribution in [0.25, 0.3) is 0 Å². The molecule has 1 aliphatic carbocycles. The highest BCUT2D eigenvalue weighted by atomic mass is 32.2. The first-order valence-corrected chi connectivity index (χ1v) is 10.4. The molecule has 0 atom stereocenters. The molecule has 1 aromatic rings. The van der Waals surface area contributed by atoms with E-state index in [1.165, 1.54) is 48.8 Å². The predicted octanol–water partition coefficient (Wildman–Crippen LogP) is 1.34. The molecule has 27 heavy (non-hydrogen) atoms. The van der Waals surface area contributed by atoms with Gasteiger partial charge in [0, 0.05) is 32.5 Å². The summed E-state index contributed by atoms with van der Waals surface area (Å²) in [6, 6.07) is -0.394. The number of amides is 4. The van der Waals surface area contributed by atoms with E-state index in [2.05, 4.69) is 20.8 Å². The van der Waals surface area contributed by atoms with Crippen LogP contribution < -0.4 is 10.6 Å². The fraction of sp³-hybridized carbons (Fsp3) is 0.706. The maximum absolute atomic E-state index is 12.0. The molecule has 0 spiro atoms. The van der Waals surface area contributed by atoms with E-state index in [1.54, 1.807) is 0 Å². The predicted molar refractivity (Wildman–Crippen MR) is 98.0 cm³/mol. The van der Waals surface area contributed by atoms with Gasteiger partial charge in [-0.15, -0.1) is 10.2 Å². The van der Waals surface area contributed by atoms with Crippen molar-refractivity contribution in [3.8, 4) is 0 Å². The lowest BCUT2D eigenvalue weighted by Crippen LogP contribution is -2.49. The van der Waals surface area contributed by atoms with Crippen LogP contribution >= 0.6 is 11.8 Å². The van der Waals surface area contributed by atoms with E-state index in [1.807, 2.05) is 0 Å². The van der Waals surface area contributed by atoms with Crippen LogP contribution in [0.4, 0.5) is 4.79 Å². The number of hydrogen-bond acceptors (Lipinski definition) is 7. The standard InChI is InChI=1S/C17H25N5O4S/c23-13-6-8-22(16(25)19-13)9-7-15-20-21-17(26-15)27-11-14(24)18-10-12-4-2-1-3-5-12/h12H,1-11H2,(H,18,24)(H,19,23,25). The van der Waals surface area contributed by atoms with Crippen LogP contribution in [-0.2, 0) is 16.0 Å². The van der Waals surface area contributed by atoms with E-state index in [0.29, 0.717) is 43.0 Å². The zero-order valence-corrected chi connectivity index (χ0v) is 16.1. The highest BCUT2D eigenvalue weighted by Crippen LogP contribution is 2.23. The highest BCUT2D eigenvalue weighted by Gasteiger charge is 2.23. The fourth-order valence-corrected chi connectivity index (χ4v) is 3.88. The summed E-state index contributed by atoms with van der Waals surface area (Å²) in [6.07, 6.45) is 6.92. The summed E-state index contributed by atoms with van der Waals surface area (Å²) < 4.78 is 5.51. The van der Waals surface area contributed by atoms with Crippen molar-refractivity contribution in [3.05, 3.63) is 5.89 Å². The molecule has 148 valence electrons. The second-order valence-electron chi connectivity index (χ2n) is 6.90. The number of imide groups is 1. The molecule has 2 fully saturated rings. The number of rotatable bonds is 8. The van der Waals surface area contributed by atoms with Gasteiger partial charge in [-0.1, -0.05) is 31.0 Å². The third-order valence-corrected chi connectivity index (χ3v) is 5.64. The second-order valence-corrected chi connectivity index (χ2v) is 7.83. The molecular formula is C17H25N5O4S. The van der Waals surface area contributed by atoms with Crippen molar-refractivity contribution < 1.29 is 18.8 Å². The maximum Gasteiger partial charge on any atom is 0.324 e. The van der Waals surface area contributed by atoms with Crippen LogP contribution in [0, 0.1) is 5.92 Å². The Kier molecular flexibility index (Phi) is 7.08. The van der Waals surface area contributed by atoms with Gasteiger partial charge in [0.2, 0.25) is 17.7 Å². The van der Waals surface area contributed by atoms with Crippen molar-refractivity contribution in [2.75, 3.05) is 25.4 Å². The van der Waals surface area contributed by atoms with Crippen molar-refractivity contribution in [2.45, 2.75) is 50.2 Å². The lowest BCUT2D eigenvalue weighted by molar-refractivity contribution is -0.121. The Morgan fingerprint density at radius 1 is 1.26 bits per heavy atom. The quantitative estimate of drug-likeness (QED) is 0.638. The molecule has 1 saturated heterocycles. The maximum atomic E-state index is 12.0. The van der Waals surface area contributed by atoms with Gasteiger partial charge in [-0.2, -0.15) is 0 Å². The van der Waals surface area contributed by atoms with Crippen LogP contribution in [0.15, 0.2) is 9.64 Å². The molecular weight excluding hydrogens is 370 g/mol. The van der Waals surface area contributed by atoms with Crippen LogP contribution in [0.5, 0.6) is 0 Å². The second kappa shape index (κ2) is 9.72. The Balaban J connectivity index is 1.34. The molecule has 1 saturated carbocycles. The van der Waals surface area contributed by atoms with E-state index in [-0.39, 0.29) is 17.6 Å². The third-order valence-electron chi connectivity index (χ3n) is 4.83. The number of aromatic nitrogens is 2. The van der Waals surface area contributed by atoms with Gasteiger partial charge in [0.25, 0.3) is 5.22 Å². The van der Waals surface area contributed by atoms with E-state index in [0.717, 1.165) is 6.54 Å². The minimum absolute atomic E-state index is 0.0278. The minimum Gasteiger partial charge on any atom is -0.416 e. The molecule has 2 heterocycles. The lowest BCUT2D eigenvalue weighted by Gasteiger charge is -2.25. The summed E-state index contributed by atoms with van der Waals surface area (Å²) in [4.78, 5) is 36.3. The molecule has 2 N–H and O–H groups in total. The van der Waals surface area contributed by atoms with Crippen molar-refractivity contribution in [1.82, 2.24) is 25.7 Å². The Labute approximate surface area is 162 Å². The molecule has 0 radical (unpaired) electrons. The summed E-state index contributed by atoms with van der Waals surface area (Å²) in [5, 5.41) is 13.5. The Morgan fingerprint density at radius 3 is 2.85 bits per heavy atom. The van der Waals surface area contributed by atoms with E-state index >= 15 is 0 Å². The average molecular weight is 395 g/mol. The van der Waals surface area contributed by atoms with Gasteiger partial charge in [-0.3, -0.25) is 14.9 Å². The average Bonchev–Trinajstić information content (AvgIpc) is 3.13. The fourth-order valence-electron chi connectivity index (χ4n) is 3.27. The zero-order chi connectivity index (χ0) is 19.1. The van der Waals surface area contributed by atoms with Gasteiger partial charge in [0.05, 0.1) is 5.75 Å². The largest absolute Gasteiger partial charge is 0.416 e. The Bertz CT molecular complexity index is 674. The number of carbonyl (C=O) groups excluding carboxylic acids is 3. The molecule has 10 heteroatoms. The number of nitrogens with zero attached hydrogens (tertiary/aromatic N) is 3. The lowest BCUT2D eigenvalue weighted by atomic mass is 9.89. The van der Waals surface area contributed by atoms with Crippen LogP contribution in [0.1, 0.15) is 44.4 Å². The minimum atomic E-state index is -0.394. The monoisotopic (exact) mass is 395 g/mol. The van der Waals surface area contributed by atoms with Crippen LogP contribution in [0.2, 0.25) is 0 Å². The van der Waals surface area contributed by atoms with Crippen molar-refractivity contribution in [3.63, 3.8) is 0 Å². The topological polar surface area (TPSA) is 117 Å². The zero-order valence-electron chi connectivity index (χ0n) is 15.2. The first-order valence-electron chi connectivity index (χ1n) is 9.41. The molecule has 0 aromatic carbocycles. The molecule has 0 unspecified atom stereocenters. The number of carbonyl (C=O) groups is 3. The van der Waals surface area contributed by atoms with Crippen LogP contribution in [-0.4, -0.2) is 58.3 Å². The third kappa shape index (κ3) is 6.23. The molecule has 0 bridgehead atoms. The molecule has 9 nitrogen and oxygen atoms in total. The number of nitrogens with one attached hydrogen (secondary N) is 2. The number of hydrogen-bond donors (Lipinski definition) is 2. The molecule has 3 rings (SSSR count). The van der Waals surface area contributed by atoms with Gasteiger partial charge < -0.3 is 14.6 Å². The molecule has 1 aromatic heterocycles. The highest BCUT2D eigenvalue weighted by molar-refractivity contribution is 7.99. The Hall–Kier alpha value is -2.10. The summed E-state index contributed by atoms with van der Waals surface area (Å²) in [5.41, 5.74) is 0. The van der Waals surface area contributed by atoms with Gasteiger partial charge in [0.15, 0.2) is 0 Å². The van der Waals surface area contributed by atoms with E-state index in [4.69, 9.17) is 4.42 Å². The summed E-state index contributed by atoms with van der Waals surface area (Å²) in [6.45, 7) is 1.53. The van der Waals surface area contributed by atoms with E-state index in [9.17, 15) is 14.4 Å². The van der Waals surface area contributed by atoms with Gasteiger partial charge in [-0.05, 0) is 18.8 Å². The van der Waals surface area contributed by atoms with Crippen molar-refractivity contribution >= 4 is 29.6 Å². The van der Waals surface area contributed by atoms with Gasteiger partial charge in [-0.25, -0.2) is 4.79 Å². The first-order chi connectivity index (χ1) is 13.1. The van der Waals surface area contributed by atoms with Crippen molar-refractivity contribution in [1.29, 1.82) is 0 Å². The van der Waals surface area contributed by atoms with E-state index < -0.39 is 6.03 Å². The van der Waals surface area contributed by atoms with Gasteiger partial charge in [0.1, 0.15) is 0 Å². The van der Waals surface area contributed by atoms with Gasteiger partial charge >= 0.3 is 6.03 Å². The number of urea groups is 1. The Morgan fingerprint density at radius 2 is 2.07 bits per heavy atom. The molecule has 4 amide bonds. The summed E-state index contributed by atoms with van der Waals surface area (Å²) in [7, 11) is 0. The van der Waals surface area contributed by atoms with Crippen molar-refractivity contribution in [2.24, 2.45) is 5.92 Å². The number of thioether (sulfide) groups is 1. The molecule has 2 aliphatic rings.